The Bertz CT molecular complexity index is 731. The van der Waals surface area contributed by atoms with Crippen molar-refractivity contribution >= 4 is 45.1 Å². The Morgan fingerprint density at radius 2 is 1.90 bits per heavy atom. The molecule has 2 rings (SSSR count). The molecule has 4 nitrogen and oxygen atoms in total. The van der Waals surface area contributed by atoms with Crippen LogP contribution in [0.5, 0.6) is 0 Å². The van der Waals surface area contributed by atoms with Crippen molar-refractivity contribution < 1.29 is 14.7 Å². The normalized spacial score (nSPS) is 10.2. The van der Waals surface area contributed by atoms with Gasteiger partial charge >= 0.3 is 5.97 Å². The maximum Gasteiger partial charge on any atom is 0.337 e. The molecule has 0 aromatic heterocycles. The molecule has 0 aliphatic rings. The van der Waals surface area contributed by atoms with Gasteiger partial charge in [0.2, 0.25) is 0 Å². The average molecular weight is 369 g/mol. The number of rotatable bonds is 3. The van der Waals surface area contributed by atoms with Crippen molar-refractivity contribution in [3.05, 3.63) is 62.6 Å². The van der Waals surface area contributed by atoms with Crippen molar-refractivity contribution in [2.75, 3.05) is 5.32 Å². The Labute approximate surface area is 134 Å². The van der Waals surface area contributed by atoms with E-state index in [0.717, 1.165) is 4.47 Å². The van der Waals surface area contributed by atoms with Crippen LogP contribution in [0.25, 0.3) is 0 Å². The van der Waals surface area contributed by atoms with Crippen LogP contribution in [-0.2, 0) is 0 Å². The molecule has 0 bridgehead atoms. The third kappa shape index (κ3) is 3.43. The van der Waals surface area contributed by atoms with Crippen molar-refractivity contribution in [2.45, 2.75) is 6.92 Å². The third-order valence-electron chi connectivity index (χ3n) is 2.92. The molecular weight excluding hydrogens is 358 g/mol. The van der Waals surface area contributed by atoms with Gasteiger partial charge in [-0.1, -0.05) is 39.7 Å². The van der Waals surface area contributed by atoms with Crippen LogP contribution in [-0.4, -0.2) is 17.0 Å². The van der Waals surface area contributed by atoms with Gasteiger partial charge in [0.25, 0.3) is 5.91 Å². The maximum absolute atomic E-state index is 12.3. The largest absolute Gasteiger partial charge is 0.478 e. The lowest BCUT2D eigenvalue weighted by molar-refractivity contribution is 0.0698. The standard InChI is InChI=1S/C15H11BrClNO3/c1-8-3-2-4-11(15(20)21)13(8)18-14(19)10-6-5-9(16)7-12(10)17/h2-7H,1H3,(H,18,19)(H,20,21). The van der Waals surface area contributed by atoms with E-state index in [1.165, 1.54) is 6.07 Å². The first-order valence-electron chi connectivity index (χ1n) is 5.99. The highest BCUT2D eigenvalue weighted by atomic mass is 79.9. The van der Waals surface area contributed by atoms with Gasteiger partial charge in [0.1, 0.15) is 0 Å². The van der Waals surface area contributed by atoms with E-state index < -0.39 is 11.9 Å². The molecule has 0 saturated carbocycles. The number of aryl methyl sites for hydroxylation is 1. The molecule has 0 aliphatic heterocycles. The summed E-state index contributed by atoms with van der Waals surface area (Å²) in [6.45, 7) is 1.73. The number of para-hydroxylation sites is 1. The summed E-state index contributed by atoms with van der Waals surface area (Å²) in [5.41, 5.74) is 1.25. The number of carbonyl (C=O) groups is 2. The number of nitrogens with one attached hydrogen (secondary N) is 1. The summed E-state index contributed by atoms with van der Waals surface area (Å²) in [7, 11) is 0. The fraction of sp³-hybridized carbons (Fsp3) is 0.0667. The van der Waals surface area contributed by atoms with Crippen molar-refractivity contribution in [1.82, 2.24) is 0 Å². The van der Waals surface area contributed by atoms with Gasteiger partial charge in [-0.3, -0.25) is 4.79 Å². The Morgan fingerprint density at radius 3 is 2.52 bits per heavy atom. The third-order valence-corrected chi connectivity index (χ3v) is 3.72. The molecule has 0 unspecified atom stereocenters. The smallest absolute Gasteiger partial charge is 0.337 e. The van der Waals surface area contributed by atoms with Gasteiger partial charge < -0.3 is 10.4 Å². The number of carbonyl (C=O) groups excluding carboxylic acids is 1. The number of carboxylic acid groups (broad SMARTS) is 1. The fourth-order valence-electron chi connectivity index (χ4n) is 1.87. The van der Waals surface area contributed by atoms with E-state index in [1.807, 2.05) is 0 Å². The summed E-state index contributed by atoms with van der Waals surface area (Å²) in [5.74, 6) is -1.56. The van der Waals surface area contributed by atoms with E-state index in [0.29, 0.717) is 5.56 Å². The molecule has 0 spiro atoms. The lowest BCUT2D eigenvalue weighted by Gasteiger charge is -2.12. The number of benzene rings is 2. The molecule has 2 aromatic rings. The molecule has 2 N–H and O–H groups in total. The molecule has 21 heavy (non-hydrogen) atoms. The predicted octanol–water partition coefficient (Wildman–Crippen LogP) is 4.36. The summed E-state index contributed by atoms with van der Waals surface area (Å²) in [5, 5.41) is 12.1. The summed E-state index contributed by atoms with van der Waals surface area (Å²) < 4.78 is 0.756. The lowest BCUT2D eigenvalue weighted by atomic mass is 10.1. The Kier molecular flexibility index (Phi) is 4.65. The van der Waals surface area contributed by atoms with Gasteiger partial charge in [-0.05, 0) is 36.8 Å². The molecule has 108 valence electrons. The topological polar surface area (TPSA) is 66.4 Å². The zero-order chi connectivity index (χ0) is 15.6. The Hall–Kier alpha value is -1.85. The van der Waals surface area contributed by atoms with Crippen LogP contribution in [0.4, 0.5) is 5.69 Å². The first-order valence-corrected chi connectivity index (χ1v) is 7.16. The van der Waals surface area contributed by atoms with Crippen LogP contribution < -0.4 is 5.32 Å². The monoisotopic (exact) mass is 367 g/mol. The zero-order valence-corrected chi connectivity index (χ0v) is 13.3. The summed E-state index contributed by atoms with van der Waals surface area (Å²) in [6, 6.07) is 9.66. The summed E-state index contributed by atoms with van der Waals surface area (Å²) in [4.78, 5) is 23.5. The highest BCUT2D eigenvalue weighted by molar-refractivity contribution is 9.10. The minimum Gasteiger partial charge on any atom is -0.478 e. The van der Waals surface area contributed by atoms with Crippen molar-refractivity contribution in [1.29, 1.82) is 0 Å². The van der Waals surface area contributed by atoms with Crippen LogP contribution in [0.1, 0.15) is 26.3 Å². The van der Waals surface area contributed by atoms with Crippen LogP contribution in [0, 0.1) is 6.92 Å². The van der Waals surface area contributed by atoms with E-state index in [2.05, 4.69) is 21.2 Å². The van der Waals surface area contributed by atoms with E-state index in [9.17, 15) is 14.7 Å². The highest BCUT2D eigenvalue weighted by Crippen LogP contribution is 2.25. The van der Waals surface area contributed by atoms with Gasteiger partial charge in [-0.2, -0.15) is 0 Å². The van der Waals surface area contributed by atoms with E-state index >= 15 is 0 Å². The molecule has 0 aliphatic carbocycles. The number of halogens is 2. The second kappa shape index (κ2) is 6.28. The predicted molar refractivity (Wildman–Crippen MR) is 85.2 cm³/mol. The van der Waals surface area contributed by atoms with Gasteiger partial charge in [-0.15, -0.1) is 0 Å². The zero-order valence-electron chi connectivity index (χ0n) is 11.0. The van der Waals surface area contributed by atoms with Crippen molar-refractivity contribution in [3.63, 3.8) is 0 Å². The lowest BCUT2D eigenvalue weighted by Crippen LogP contribution is -2.16. The number of aromatic carboxylic acids is 1. The number of carboxylic acids is 1. The first-order chi connectivity index (χ1) is 9.90. The Balaban J connectivity index is 2.38. The summed E-state index contributed by atoms with van der Waals surface area (Å²) >= 11 is 9.29. The van der Waals surface area contributed by atoms with Crippen LogP contribution >= 0.6 is 27.5 Å². The molecule has 1 amide bonds. The van der Waals surface area contributed by atoms with Crippen LogP contribution in [0.15, 0.2) is 40.9 Å². The fourth-order valence-corrected chi connectivity index (χ4v) is 2.63. The molecule has 0 saturated heterocycles. The van der Waals surface area contributed by atoms with Gasteiger partial charge in [0.15, 0.2) is 0 Å². The highest BCUT2D eigenvalue weighted by Gasteiger charge is 2.17. The molecule has 0 radical (unpaired) electrons. The van der Waals surface area contributed by atoms with Crippen molar-refractivity contribution in [2.24, 2.45) is 0 Å². The molecule has 0 fully saturated rings. The quantitative estimate of drug-likeness (QED) is 0.846. The van der Waals surface area contributed by atoms with Crippen LogP contribution in [0.2, 0.25) is 5.02 Å². The number of anilines is 1. The summed E-state index contributed by atoms with van der Waals surface area (Å²) in [6.07, 6.45) is 0. The van der Waals surface area contributed by atoms with E-state index in [-0.39, 0.29) is 21.8 Å². The van der Waals surface area contributed by atoms with Gasteiger partial charge in [0.05, 0.1) is 21.8 Å². The van der Waals surface area contributed by atoms with Gasteiger partial charge in [-0.25, -0.2) is 4.79 Å². The van der Waals surface area contributed by atoms with E-state index in [4.69, 9.17) is 11.6 Å². The number of hydrogen-bond donors (Lipinski definition) is 2. The van der Waals surface area contributed by atoms with Gasteiger partial charge in [0, 0.05) is 4.47 Å². The molecule has 0 heterocycles. The molecular formula is C15H11BrClNO3. The minimum absolute atomic E-state index is 0.0385. The SMILES string of the molecule is Cc1cccc(C(=O)O)c1NC(=O)c1ccc(Br)cc1Cl. The van der Waals surface area contributed by atoms with Crippen LogP contribution in [0.3, 0.4) is 0 Å². The number of amides is 1. The second-order valence-corrected chi connectivity index (χ2v) is 5.70. The number of hydrogen-bond acceptors (Lipinski definition) is 2. The minimum atomic E-state index is -1.10. The molecule has 2 aromatic carbocycles. The average Bonchev–Trinajstić information content (AvgIpc) is 2.40. The van der Waals surface area contributed by atoms with Crippen molar-refractivity contribution in [3.8, 4) is 0 Å². The Morgan fingerprint density at radius 1 is 1.19 bits per heavy atom. The molecule has 0 atom stereocenters. The molecule has 6 heteroatoms. The van der Waals surface area contributed by atoms with E-state index in [1.54, 1.807) is 37.3 Å². The second-order valence-electron chi connectivity index (χ2n) is 4.38. The maximum atomic E-state index is 12.3. The first kappa shape index (κ1) is 15.5.